The zero-order valence-corrected chi connectivity index (χ0v) is 17.7. The topological polar surface area (TPSA) is 92.8 Å². The maximum Gasteiger partial charge on any atom is 0.339 e. The molecule has 3 rings (SSSR count). The first-order chi connectivity index (χ1) is 14.3. The first-order valence-corrected chi connectivity index (χ1v) is 11.8. The van der Waals surface area contributed by atoms with Gasteiger partial charge in [-0.3, -0.25) is 4.79 Å². The van der Waals surface area contributed by atoms with Crippen molar-refractivity contribution in [2.24, 2.45) is 0 Å². The first kappa shape index (κ1) is 22.0. The van der Waals surface area contributed by atoms with Gasteiger partial charge in [-0.2, -0.15) is 0 Å². The van der Waals surface area contributed by atoms with E-state index in [2.05, 4.69) is 4.72 Å². The molecule has 1 fully saturated rings. The number of rotatable bonds is 8. The fourth-order valence-corrected chi connectivity index (χ4v) is 3.83. The summed E-state index contributed by atoms with van der Waals surface area (Å²) in [5.41, 5.74) is 1.87. The molecule has 1 heterocycles. The lowest BCUT2D eigenvalue weighted by Gasteiger charge is -2.23. The molecule has 1 amide bonds. The van der Waals surface area contributed by atoms with Crippen LogP contribution in [0.4, 0.5) is 0 Å². The van der Waals surface area contributed by atoms with Gasteiger partial charge in [-0.1, -0.05) is 42.5 Å². The Bertz CT molecular complexity index is 968. The van der Waals surface area contributed by atoms with Gasteiger partial charge in [0.2, 0.25) is 16.1 Å². The Balaban J connectivity index is 1.68. The standard InChI is InChI=1S/C22H26N2O5S/c1-30(27,28)23-14-13-17-9-11-19(12-10-17)22(26)29-20(18-7-3-2-4-8-18)21(25)24-15-5-6-16-24/h2-4,7-12,20,23H,5-6,13-16H2,1H3/t20-/m1/s1. The molecule has 1 saturated heterocycles. The minimum absolute atomic E-state index is 0.199. The van der Waals surface area contributed by atoms with Crippen LogP contribution in [0.5, 0.6) is 0 Å². The molecule has 0 aromatic heterocycles. The summed E-state index contributed by atoms with van der Waals surface area (Å²) in [5.74, 6) is -0.771. The second kappa shape index (κ2) is 9.86. The molecule has 0 saturated carbocycles. The average molecular weight is 431 g/mol. The third-order valence-electron chi connectivity index (χ3n) is 4.94. The third kappa shape index (κ3) is 6.14. The first-order valence-electron chi connectivity index (χ1n) is 9.92. The molecule has 160 valence electrons. The molecule has 0 unspecified atom stereocenters. The van der Waals surface area contributed by atoms with Crippen LogP contribution >= 0.6 is 0 Å². The Hall–Kier alpha value is -2.71. The van der Waals surface area contributed by atoms with Crippen LogP contribution in [0.2, 0.25) is 0 Å². The van der Waals surface area contributed by atoms with Crippen LogP contribution in [0.15, 0.2) is 54.6 Å². The molecule has 7 nitrogen and oxygen atoms in total. The summed E-state index contributed by atoms with van der Waals surface area (Å²) in [4.78, 5) is 27.4. The molecule has 1 atom stereocenters. The number of ether oxygens (including phenoxy) is 1. The lowest BCUT2D eigenvalue weighted by molar-refractivity contribution is -0.140. The molecule has 0 aliphatic carbocycles. The van der Waals surface area contributed by atoms with Crippen LogP contribution < -0.4 is 4.72 Å². The van der Waals surface area contributed by atoms with Gasteiger partial charge in [0.25, 0.3) is 5.91 Å². The molecule has 0 spiro atoms. The zero-order chi connectivity index (χ0) is 21.6. The maximum absolute atomic E-state index is 13.0. The lowest BCUT2D eigenvalue weighted by Crippen LogP contribution is -2.34. The number of esters is 1. The van der Waals surface area contributed by atoms with Gasteiger partial charge < -0.3 is 9.64 Å². The predicted molar refractivity (Wildman–Crippen MR) is 113 cm³/mol. The van der Waals surface area contributed by atoms with Crippen LogP contribution in [0, 0.1) is 0 Å². The van der Waals surface area contributed by atoms with E-state index in [1.54, 1.807) is 41.3 Å². The van der Waals surface area contributed by atoms with Crippen LogP contribution in [0.25, 0.3) is 0 Å². The zero-order valence-electron chi connectivity index (χ0n) is 16.9. The van der Waals surface area contributed by atoms with Gasteiger partial charge in [-0.05, 0) is 37.0 Å². The van der Waals surface area contributed by atoms with E-state index >= 15 is 0 Å². The Morgan fingerprint density at radius 2 is 1.67 bits per heavy atom. The highest BCUT2D eigenvalue weighted by atomic mass is 32.2. The summed E-state index contributed by atoms with van der Waals surface area (Å²) >= 11 is 0. The quantitative estimate of drug-likeness (QED) is 0.649. The number of nitrogens with one attached hydrogen (secondary N) is 1. The summed E-state index contributed by atoms with van der Waals surface area (Å²) in [5, 5.41) is 0. The Morgan fingerprint density at radius 3 is 2.27 bits per heavy atom. The van der Waals surface area contributed by atoms with E-state index in [1.807, 2.05) is 18.2 Å². The average Bonchev–Trinajstić information content (AvgIpc) is 3.26. The van der Waals surface area contributed by atoms with Crippen molar-refractivity contribution in [3.05, 3.63) is 71.3 Å². The van der Waals surface area contributed by atoms with Gasteiger partial charge in [0.1, 0.15) is 0 Å². The minimum atomic E-state index is -3.23. The van der Waals surface area contributed by atoms with E-state index in [4.69, 9.17) is 4.74 Å². The summed E-state index contributed by atoms with van der Waals surface area (Å²) in [6.07, 6.45) is 2.55. The van der Waals surface area contributed by atoms with Crippen molar-refractivity contribution in [1.82, 2.24) is 9.62 Å². The van der Waals surface area contributed by atoms with Gasteiger partial charge in [0, 0.05) is 25.2 Å². The van der Waals surface area contributed by atoms with E-state index in [0.29, 0.717) is 30.6 Å². The molecule has 1 aliphatic heterocycles. The molecule has 2 aromatic carbocycles. The van der Waals surface area contributed by atoms with Gasteiger partial charge in [0.15, 0.2) is 0 Å². The predicted octanol–water partition coefficient (Wildman–Crippen LogP) is 2.30. The highest BCUT2D eigenvalue weighted by molar-refractivity contribution is 7.88. The molecular formula is C22H26N2O5S. The number of benzene rings is 2. The largest absolute Gasteiger partial charge is 0.444 e. The molecule has 0 radical (unpaired) electrons. The molecule has 2 aromatic rings. The van der Waals surface area contributed by atoms with Crippen LogP contribution in [0.1, 0.15) is 40.4 Å². The van der Waals surface area contributed by atoms with Crippen LogP contribution in [-0.2, 0) is 26.0 Å². The summed E-state index contributed by atoms with van der Waals surface area (Å²) in [7, 11) is -3.23. The van der Waals surface area contributed by atoms with Crippen molar-refractivity contribution in [3.8, 4) is 0 Å². The van der Waals surface area contributed by atoms with E-state index < -0.39 is 22.1 Å². The van der Waals surface area contributed by atoms with E-state index in [0.717, 1.165) is 24.7 Å². The third-order valence-corrected chi connectivity index (χ3v) is 5.67. The number of carbonyl (C=O) groups excluding carboxylic acids is 2. The monoisotopic (exact) mass is 430 g/mol. The molecular weight excluding hydrogens is 404 g/mol. The smallest absolute Gasteiger partial charge is 0.339 e. The maximum atomic E-state index is 13.0. The molecule has 30 heavy (non-hydrogen) atoms. The van der Waals surface area contributed by atoms with Crippen molar-refractivity contribution in [1.29, 1.82) is 0 Å². The van der Waals surface area contributed by atoms with Crippen molar-refractivity contribution in [2.75, 3.05) is 25.9 Å². The number of nitrogens with zero attached hydrogens (tertiary/aromatic N) is 1. The van der Waals surface area contributed by atoms with E-state index in [1.165, 1.54) is 0 Å². The van der Waals surface area contributed by atoms with Crippen LogP contribution in [0.3, 0.4) is 0 Å². The van der Waals surface area contributed by atoms with Crippen LogP contribution in [-0.4, -0.2) is 51.1 Å². The van der Waals surface area contributed by atoms with Crippen molar-refractivity contribution < 1.29 is 22.7 Å². The number of amides is 1. The summed E-state index contributed by atoms with van der Waals surface area (Å²) < 4.78 is 30.3. The summed E-state index contributed by atoms with van der Waals surface area (Å²) in [6, 6.07) is 15.8. The van der Waals surface area contributed by atoms with Crippen molar-refractivity contribution in [2.45, 2.75) is 25.4 Å². The number of likely N-dealkylation sites (tertiary alicyclic amines) is 1. The van der Waals surface area contributed by atoms with Crippen molar-refractivity contribution in [3.63, 3.8) is 0 Å². The van der Waals surface area contributed by atoms with Gasteiger partial charge in [-0.25, -0.2) is 17.9 Å². The molecule has 8 heteroatoms. The highest BCUT2D eigenvalue weighted by Gasteiger charge is 2.31. The number of hydrogen-bond acceptors (Lipinski definition) is 5. The van der Waals surface area contributed by atoms with E-state index in [-0.39, 0.29) is 12.5 Å². The minimum Gasteiger partial charge on any atom is -0.444 e. The second-order valence-corrected chi connectivity index (χ2v) is 9.17. The Kier molecular flexibility index (Phi) is 7.23. The number of hydrogen-bond donors (Lipinski definition) is 1. The lowest BCUT2D eigenvalue weighted by atomic mass is 10.1. The molecule has 1 N–H and O–H groups in total. The second-order valence-electron chi connectivity index (χ2n) is 7.34. The SMILES string of the molecule is CS(=O)(=O)NCCc1ccc(C(=O)O[C@@H](C(=O)N2CCCC2)c2ccccc2)cc1. The normalized spacial score (nSPS) is 15.0. The molecule has 0 bridgehead atoms. The highest BCUT2D eigenvalue weighted by Crippen LogP contribution is 2.24. The summed E-state index contributed by atoms with van der Waals surface area (Å²) in [6.45, 7) is 1.63. The fourth-order valence-electron chi connectivity index (χ4n) is 3.36. The Labute approximate surface area is 177 Å². The van der Waals surface area contributed by atoms with Gasteiger partial charge in [0.05, 0.1) is 11.8 Å². The van der Waals surface area contributed by atoms with Crippen molar-refractivity contribution >= 4 is 21.9 Å². The molecule has 1 aliphatic rings. The van der Waals surface area contributed by atoms with Gasteiger partial charge >= 0.3 is 5.97 Å². The fraction of sp³-hybridized carbons (Fsp3) is 0.364. The Morgan fingerprint density at radius 1 is 1.03 bits per heavy atom. The number of sulfonamides is 1. The van der Waals surface area contributed by atoms with Gasteiger partial charge in [-0.15, -0.1) is 0 Å². The number of carbonyl (C=O) groups is 2. The van der Waals surface area contributed by atoms with E-state index in [9.17, 15) is 18.0 Å².